The van der Waals surface area contributed by atoms with E-state index in [4.69, 9.17) is 20.1 Å². The lowest BCUT2D eigenvalue weighted by Gasteiger charge is -2.04. The lowest BCUT2D eigenvalue weighted by Crippen LogP contribution is -2.33. The smallest absolute Gasteiger partial charge is 0.404 e. The van der Waals surface area contributed by atoms with Crippen molar-refractivity contribution in [3.8, 4) is 0 Å². The Morgan fingerprint density at radius 1 is 1.50 bits per heavy atom. The number of carboxylic acid groups (broad SMARTS) is 2. The molecule has 72 valence electrons. The van der Waals surface area contributed by atoms with Crippen molar-refractivity contribution < 1.29 is 24.9 Å². The first-order valence-electron chi connectivity index (χ1n) is 2.98. The number of amides is 2. The van der Waals surface area contributed by atoms with E-state index in [-0.39, 0.29) is 12.6 Å². The number of nitrogens with two attached hydrogens (primary N) is 1. The highest BCUT2D eigenvalue weighted by Gasteiger charge is 2.00. The highest BCUT2D eigenvalue weighted by Crippen LogP contribution is 1.75. The molecular formula is C5H12N2O5. The molecule has 0 heterocycles. The highest BCUT2D eigenvalue weighted by molar-refractivity contribution is 5.64. The fraction of sp³-hybridized carbons (Fsp3) is 0.600. The lowest BCUT2D eigenvalue weighted by atomic mass is 10.4. The molecule has 12 heavy (non-hydrogen) atoms. The third kappa shape index (κ3) is 23.6. The Morgan fingerprint density at radius 3 is 1.92 bits per heavy atom. The molecule has 0 spiro atoms. The Labute approximate surface area is 68.8 Å². The molecule has 6 N–H and O–H groups in total. The van der Waals surface area contributed by atoms with Gasteiger partial charge in [-0.3, -0.25) is 0 Å². The van der Waals surface area contributed by atoms with Gasteiger partial charge in [-0.05, 0) is 6.92 Å². The fourth-order valence-corrected chi connectivity index (χ4v) is 0.256. The minimum atomic E-state index is -1.33. The van der Waals surface area contributed by atoms with Crippen LogP contribution in [0.2, 0.25) is 0 Å². The van der Waals surface area contributed by atoms with E-state index in [1.165, 1.54) is 0 Å². The van der Waals surface area contributed by atoms with Gasteiger partial charge in [0.15, 0.2) is 0 Å². The number of hydrogen-bond donors (Lipinski definition) is 5. The Bertz CT molecular complexity index is 145. The van der Waals surface area contributed by atoms with Crippen molar-refractivity contribution in [2.24, 2.45) is 5.73 Å². The van der Waals surface area contributed by atoms with Gasteiger partial charge in [0.1, 0.15) is 0 Å². The normalized spacial score (nSPS) is 10.5. The molecule has 7 nitrogen and oxygen atoms in total. The number of rotatable bonds is 2. The number of primary amides is 1. The molecule has 2 amide bonds. The molecule has 0 aromatic carbocycles. The number of aliphatic hydroxyl groups excluding tert-OH is 1. The largest absolute Gasteiger partial charge is 0.465 e. The molecule has 0 unspecified atom stereocenters. The van der Waals surface area contributed by atoms with E-state index >= 15 is 0 Å². The highest BCUT2D eigenvalue weighted by atomic mass is 16.4. The predicted molar refractivity (Wildman–Crippen MR) is 39.9 cm³/mol. The van der Waals surface area contributed by atoms with E-state index in [1.54, 1.807) is 6.92 Å². The molecule has 0 aromatic heterocycles. The molecule has 0 aliphatic rings. The second-order valence-electron chi connectivity index (χ2n) is 1.87. The van der Waals surface area contributed by atoms with E-state index in [9.17, 15) is 4.79 Å². The van der Waals surface area contributed by atoms with Crippen molar-refractivity contribution in [2.45, 2.75) is 13.0 Å². The second kappa shape index (κ2) is 7.61. The van der Waals surface area contributed by atoms with Crippen molar-refractivity contribution >= 4 is 12.2 Å². The second-order valence-corrected chi connectivity index (χ2v) is 1.87. The minimum Gasteiger partial charge on any atom is -0.465 e. The Balaban J connectivity index is 0. The molecule has 0 aromatic rings. The first-order chi connectivity index (χ1) is 5.40. The zero-order valence-corrected chi connectivity index (χ0v) is 6.52. The van der Waals surface area contributed by atoms with Crippen LogP contribution in [0, 0.1) is 0 Å². The number of nitrogens with one attached hydrogen (secondary N) is 1. The molecule has 0 radical (unpaired) electrons. The Morgan fingerprint density at radius 2 is 1.83 bits per heavy atom. The van der Waals surface area contributed by atoms with Gasteiger partial charge in [0.2, 0.25) is 0 Å². The summed E-state index contributed by atoms with van der Waals surface area (Å²) in [6.07, 6.45) is -2.44. The summed E-state index contributed by atoms with van der Waals surface area (Å²) in [7, 11) is 0. The molecule has 0 saturated heterocycles. The van der Waals surface area contributed by atoms with Crippen LogP contribution < -0.4 is 11.1 Å². The van der Waals surface area contributed by atoms with Crippen LogP contribution in [-0.4, -0.2) is 40.2 Å². The maximum absolute atomic E-state index is 9.75. The van der Waals surface area contributed by atoms with Crippen LogP contribution in [0.1, 0.15) is 6.92 Å². The third-order valence-electron chi connectivity index (χ3n) is 0.644. The average molecular weight is 180 g/mol. The van der Waals surface area contributed by atoms with Gasteiger partial charge >= 0.3 is 12.2 Å². The molecule has 7 heteroatoms. The van der Waals surface area contributed by atoms with Crippen LogP contribution in [0.4, 0.5) is 9.59 Å². The van der Waals surface area contributed by atoms with E-state index in [1.807, 2.05) is 0 Å². The van der Waals surface area contributed by atoms with Crippen LogP contribution in [0.25, 0.3) is 0 Å². The van der Waals surface area contributed by atoms with Gasteiger partial charge in [-0.15, -0.1) is 0 Å². The molecule has 0 aliphatic heterocycles. The summed E-state index contributed by atoms with van der Waals surface area (Å²) in [6.45, 7) is 1.42. The summed E-state index contributed by atoms with van der Waals surface area (Å²) in [5.74, 6) is 0. The first kappa shape index (κ1) is 13.1. The topological polar surface area (TPSA) is 133 Å². The standard InChI is InChI=1S/C4H9NO3.CH3NO2/c1-3(2-6)5-4(7)8;2-1(3)4/h3,5-6H,2H2,1H3,(H,7,8);2H2,(H,3,4)/t3-;/m0./s1. The van der Waals surface area contributed by atoms with Crippen molar-refractivity contribution in [1.82, 2.24) is 5.32 Å². The summed E-state index contributed by atoms with van der Waals surface area (Å²) in [5.41, 5.74) is 4.03. The summed E-state index contributed by atoms with van der Waals surface area (Å²) in [4.78, 5) is 18.5. The van der Waals surface area contributed by atoms with E-state index in [2.05, 4.69) is 11.1 Å². The minimum absolute atomic E-state index is 0.160. The number of hydrogen-bond acceptors (Lipinski definition) is 3. The summed E-state index contributed by atoms with van der Waals surface area (Å²) >= 11 is 0. The van der Waals surface area contributed by atoms with E-state index in [0.717, 1.165) is 0 Å². The molecule has 0 fully saturated rings. The maximum atomic E-state index is 9.75. The summed E-state index contributed by atoms with van der Waals surface area (Å²) < 4.78 is 0. The van der Waals surface area contributed by atoms with Crippen LogP contribution in [0.15, 0.2) is 0 Å². The molecular weight excluding hydrogens is 168 g/mol. The Hall–Kier alpha value is -1.50. The van der Waals surface area contributed by atoms with Gasteiger partial charge in [0, 0.05) is 0 Å². The molecule has 0 bridgehead atoms. The van der Waals surface area contributed by atoms with Crippen LogP contribution in [0.5, 0.6) is 0 Å². The SMILES string of the molecule is C[C@@H](CO)NC(=O)O.NC(=O)O. The van der Waals surface area contributed by atoms with Crippen LogP contribution >= 0.6 is 0 Å². The van der Waals surface area contributed by atoms with Gasteiger partial charge < -0.3 is 26.4 Å². The quantitative estimate of drug-likeness (QED) is 0.381. The van der Waals surface area contributed by atoms with Gasteiger partial charge in [-0.25, -0.2) is 9.59 Å². The maximum Gasteiger partial charge on any atom is 0.404 e. The predicted octanol–water partition coefficient (Wildman–Crippen LogP) is -0.742. The zero-order chi connectivity index (χ0) is 10.1. The molecule has 0 saturated carbocycles. The van der Waals surface area contributed by atoms with Crippen molar-refractivity contribution in [3.05, 3.63) is 0 Å². The van der Waals surface area contributed by atoms with Gasteiger partial charge in [0.05, 0.1) is 12.6 Å². The molecule has 0 aliphatic carbocycles. The number of aliphatic hydroxyl groups is 1. The summed E-state index contributed by atoms with van der Waals surface area (Å²) in [6, 6.07) is -0.368. The van der Waals surface area contributed by atoms with Gasteiger partial charge in [-0.1, -0.05) is 0 Å². The fourth-order valence-electron chi connectivity index (χ4n) is 0.256. The van der Waals surface area contributed by atoms with Gasteiger partial charge in [-0.2, -0.15) is 0 Å². The van der Waals surface area contributed by atoms with Crippen molar-refractivity contribution in [2.75, 3.05) is 6.61 Å². The van der Waals surface area contributed by atoms with Crippen molar-refractivity contribution in [3.63, 3.8) is 0 Å². The average Bonchev–Trinajstić information content (AvgIpc) is 1.84. The van der Waals surface area contributed by atoms with Crippen molar-refractivity contribution in [1.29, 1.82) is 0 Å². The monoisotopic (exact) mass is 180 g/mol. The van der Waals surface area contributed by atoms with Crippen LogP contribution in [-0.2, 0) is 0 Å². The molecule has 1 atom stereocenters. The zero-order valence-electron chi connectivity index (χ0n) is 6.52. The van der Waals surface area contributed by atoms with Gasteiger partial charge in [0.25, 0.3) is 0 Å². The van der Waals surface area contributed by atoms with E-state index < -0.39 is 12.2 Å². The Kier molecular flexibility index (Phi) is 8.31. The first-order valence-corrected chi connectivity index (χ1v) is 2.98. The lowest BCUT2D eigenvalue weighted by molar-refractivity contribution is 0.180. The van der Waals surface area contributed by atoms with Crippen LogP contribution in [0.3, 0.4) is 0 Å². The molecule has 0 rings (SSSR count). The number of carbonyl (C=O) groups is 2. The third-order valence-corrected chi connectivity index (χ3v) is 0.644. The summed E-state index contributed by atoms with van der Waals surface area (Å²) in [5, 5.41) is 25.5. The van der Waals surface area contributed by atoms with E-state index in [0.29, 0.717) is 0 Å².